The van der Waals surface area contributed by atoms with Gasteiger partial charge in [0.05, 0.1) is 23.5 Å². The van der Waals surface area contributed by atoms with Crippen LogP contribution >= 0.6 is 11.3 Å². The molecule has 1 unspecified atom stereocenters. The number of thiazole rings is 1. The van der Waals surface area contributed by atoms with Crippen molar-refractivity contribution in [3.8, 4) is 11.3 Å². The molecule has 1 aliphatic carbocycles. The molecule has 1 saturated heterocycles. The summed E-state index contributed by atoms with van der Waals surface area (Å²) in [7, 11) is 2.04. The number of nitrogens with one attached hydrogen (secondary N) is 1. The van der Waals surface area contributed by atoms with Crippen molar-refractivity contribution in [2.75, 3.05) is 20.1 Å². The van der Waals surface area contributed by atoms with Crippen molar-refractivity contribution in [3.05, 3.63) is 46.3 Å². The maximum absolute atomic E-state index is 13.5. The van der Waals surface area contributed by atoms with Crippen molar-refractivity contribution in [2.45, 2.75) is 38.5 Å². The topological polar surface area (TPSA) is 62.0 Å². The largest absolute Gasteiger partial charge is 0.306 e. The molecular formula is C23H26FN5OS. The van der Waals surface area contributed by atoms with E-state index in [1.165, 1.54) is 29.1 Å². The fraction of sp³-hybridized carbons (Fsp3) is 0.435. The second-order valence-electron chi connectivity index (χ2n) is 8.49. The number of benzene rings is 1. The number of piperidine rings is 1. The Labute approximate surface area is 184 Å². The lowest BCUT2D eigenvalue weighted by Gasteiger charge is -2.28. The molecule has 0 radical (unpaired) electrons. The van der Waals surface area contributed by atoms with Gasteiger partial charge in [0.2, 0.25) is 5.91 Å². The quantitative estimate of drug-likeness (QED) is 0.496. The van der Waals surface area contributed by atoms with Gasteiger partial charge in [-0.3, -0.25) is 9.20 Å². The van der Waals surface area contributed by atoms with Crippen LogP contribution in [-0.2, 0) is 17.6 Å². The third-order valence-corrected chi connectivity index (χ3v) is 7.37. The summed E-state index contributed by atoms with van der Waals surface area (Å²) in [6.45, 7) is 1.79. The minimum Gasteiger partial charge on any atom is -0.306 e. The molecule has 1 aromatic carbocycles. The zero-order chi connectivity index (χ0) is 21.4. The number of aromatic nitrogens is 2. The van der Waals surface area contributed by atoms with E-state index in [0.29, 0.717) is 0 Å². The average Bonchev–Trinajstić information content (AvgIpc) is 3.31. The Balaban J connectivity index is 1.48. The van der Waals surface area contributed by atoms with Crippen LogP contribution in [0, 0.1) is 11.7 Å². The van der Waals surface area contributed by atoms with Crippen molar-refractivity contribution in [3.63, 3.8) is 0 Å². The van der Waals surface area contributed by atoms with E-state index in [4.69, 9.17) is 4.98 Å². The third-order valence-electron chi connectivity index (χ3n) is 6.23. The summed E-state index contributed by atoms with van der Waals surface area (Å²) in [6.07, 6.45) is 8.07. The summed E-state index contributed by atoms with van der Waals surface area (Å²) in [5.41, 5.74) is 6.46. The van der Waals surface area contributed by atoms with Crippen LogP contribution in [0.5, 0.6) is 0 Å². The van der Waals surface area contributed by atoms with E-state index in [9.17, 15) is 9.18 Å². The minimum atomic E-state index is -0.276. The molecular weight excluding hydrogens is 413 g/mol. The predicted octanol–water partition coefficient (Wildman–Crippen LogP) is 3.87. The number of carbonyl (C=O) groups excluding carboxylic acids is 1. The Morgan fingerprint density at radius 3 is 2.87 bits per heavy atom. The van der Waals surface area contributed by atoms with Crippen LogP contribution in [-0.4, -0.2) is 46.5 Å². The molecule has 31 heavy (non-hydrogen) atoms. The Kier molecular flexibility index (Phi) is 5.58. The van der Waals surface area contributed by atoms with Gasteiger partial charge in [0.25, 0.3) is 0 Å². The molecule has 3 heterocycles. The minimum absolute atomic E-state index is 0.0353. The van der Waals surface area contributed by atoms with E-state index < -0.39 is 0 Å². The standard InChI is InChI=1S/C23H26FN5OS/c1-28-12-4-5-16(14-28)22(30)27-25-13-19-21(15-8-10-17(24)11-9-15)26-23-29(19)18-6-2-3-7-20(18)31-23/h8-11,13,16H,2-7,12,14H2,1H3,(H,27,30). The van der Waals surface area contributed by atoms with Gasteiger partial charge in [-0.15, -0.1) is 11.3 Å². The molecule has 1 atom stereocenters. The summed E-state index contributed by atoms with van der Waals surface area (Å²) in [5.74, 6) is -0.354. The maximum Gasteiger partial charge on any atom is 0.244 e. The highest BCUT2D eigenvalue weighted by Gasteiger charge is 2.25. The SMILES string of the molecule is CN1CCCC(C(=O)NN=Cc2c(-c3ccc(F)cc3)nc3sc4c(n23)CCCC4)C1. The van der Waals surface area contributed by atoms with Gasteiger partial charge in [0.15, 0.2) is 4.96 Å². The van der Waals surface area contributed by atoms with Crippen LogP contribution in [0.15, 0.2) is 29.4 Å². The maximum atomic E-state index is 13.5. The van der Waals surface area contributed by atoms with E-state index in [1.54, 1.807) is 29.7 Å². The number of rotatable bonds is 4. The Hall–Kier alpha value is -2.58. The van der Waals surface area contributed by atoms with Crippen LogP contribution in [0.2, 0.25) is 0 Å². The number of hydrogen-bond donors (Lipinski definition) is 1. The molecule has 1 amide bonds. The Morgan fingerprint density at radius 2 is 2.06 bits per heavy atom. The zero-order valence-electron chi connectivity index (χ0n) is 17.6. The van der Waals surface area contributed by atoms with Gasteiger partial charge in [0.1, 0.15) is 5.82 Å². The van der Waals surface area contributed by atoms with Crippen molar-refractivity contribution in [2.24, 2.45) is 11.0 Å². The monoisotopic (exact) mass is 439 g/mol. The number of halogens is 1. The molecule has 2 aliphatic rings. The highest BCUT2D eigenvalue weighted by molar-refractivity contribution is 7.17. The second kappa shape index (κ2) is 8.51. The van der Waals surface area contributed by atoms with E-state index in [2.05, 4.69) is 19.8 Å². The fourth-order valence-corrected chi connectivity index (χ4v) is 5.84. The van der Waals surface area contributed by atoms with E-state index in [0.717, 1.165) is 67.1 Å². The molecule has 8 heteroatoms. The number of likely N-dealkylation sites (tertiary alicyclic amines) is 1. The van der Waals surface area contributed by atoms with Gasteiger partial charge < -0.3 is 4.90 Å². The summed E-state index contributed by atoms with van der Waals surface area (Å²) in [6, 6.07) is 6.37. The van der Waals surface area contributed by atoms with Crippen molar-refractivity contribution in [1.29, 1.82) is 0 Å². The molecule has 1 fully saturated rings. The first-order valence-electron chi connectivity index (χ1n) is 10.9. The summed E-state index contributed by atoms with van der Waals surface area (Å²) >= 11 is 1.72. The molecule has 0 saturated carbocycles. The lowest BCUT2D eigenvalue weighted by Crippen LogP contribution is -2.40. The lowest BCUT2D eigenvalue weighted by molar-refractivity contribution is -0.126. The Morgan fingerprint density at radius 1 is 1.26 bits per heavy atom. The van der Waals surface area contributed by atoms with Gasteiger partial charge in [-0.1, -0.05) is 0 Å². The molecule has 162 valence electrons. The number of fused-ring (bicyclic) bond motifs is 3. The molecule has 5 rings (SSSR count). The zero-order valence-corrected chi connectivity index (χ0v) is 18.4. The van der Waals surface area contributed by atoms with Gasteiger partial charge in [-0.05, 0) is 76.4 Å². The van der Waals surface area contributed by atoms with Gasteiger partial charge in [0, 0.05) is 22.7 Å². The summed E-state index contributed by atoms with van der Waals surface area (Å²) in [5, 5.41) is 4.32. The smallest absolute Gasteiger partial charge is 0.244 e. The van der Waals surface area contributed by atoms with E-state index in [1.807, 2.05) is 7.05 Å². The van der Waals surface area contributed by atoms with Crippen molar-refractivity contribution < 1.29 is 9.18 Å². The lowest BCUT2D eigenvalue weighted by atomic mass is 9.98. The fourth-order valence-electron chi connectivity index (χ4n) is 4.63. The number of aryl methyl sites for hydroxylation is 2. The van der Waals surface area contributed by atoms with Gasteiger partial charge in [-0.25, -0.2) is 14.8 Å². The number of nitrogens with zero attached hydrogens (tertiary/aromatic N) is 4. The first kappa shape index (κ1) is 20.3. The van der Waals surface area contributed by atoms with Crippen LogP contribution in [0.1, 0.15) is 41.9 Å². The molecule has 2 aromatic heterocycles. The van der Waals surface area contributed by atoms with Crippen LogP contribution in [0.3, 0.4) is 0 Å². The first-order chi connectivity index (χ1) is 15.1. The first-order valence-corrected chi connectivity index (χ1v) is 11.7. The summed E-state index contributed by atoms with van der Waals surface area (Å²) in [4.78, 5) is 21.9. The number of hydrazone groups is 1. The van der Waals surface area contributed by atoms with Crippen molar-refractivity contribution in [1.82, 2.24) is 19.7 Å². The van der Waals surface area contributed by atoms with Crippen LogP contribution in [0.25, 0.3) is 16.2 Å². The van der Waals surface area contributed by atoms with Crippen LogP contribution < -0.4 is 5.43 Å². The molecule has 1 aliphatic heterocycles. The highest BCUT2D eigenvalue weighted by Crippen LogP contribution is 2.34. The van der Waals surface area contributed by atoms with Gasteiger partial charge >= 0.3 is 0 Å². The van der Waals surface area contributed by atoms with E-state index in [-0.39, 0.29) is 17.6 Å². The number of amides is 1. The van der Waals surface area contributed by atoms with Crippen LogP contribution in [0.4, 0.5) is 4.39 Å². The van der Waals surface area contributed by atoms with Gasteiger partial charge in [-0.2, -0.15) is 5.10 Å². The van der Waals surface area contributed by atoms with E-state index >= 15 is 0 Å². The average molecular weight is 440 g/mol. The highest BCUT2D eigenvalue weighted by atomic mass is 32.1. The number of imidazole rings is 1. The van der Waals surface area contributed by atoms with Crippen molar-refractivity contribution >= 4 is 28.4 Å². The number of hydrogen-bond acceptors (Lipinski definition) is 5. The number of carbonyl (C=O) groups is 1. The molecule has 0 spiro atoms. The third kappa shape index (κ3) is 4.02. The summed E-state index contributed by atoms with van der Waals surface area (Å²) < 4.78 is 15.6. The molecule has 3 aromatic rings. The molecule has 6 nitrogen and oxygen atoms in total. The predicted molar refractivity (Wildman–Crippen MR) is 121 cm³/mol. The normalized spacial score (nSPS) is 19.7. The molecule has 0 bridgehead atoms. The molecule has 1 N–H and O–H groups in total. The Bertz CT molecular complexity index is 1130. The second-order valence-corrected chi connectivity index (χ2v) is 9.55.